The Morgan fingerprint density at radius 3 is 2.42 bits per heavy atom. The van der Waals surface area contributed by atoms with E-state index in [2.05, 4.69) is 0 Å². The van der Waals surface area contributed by atoms with Crippen LogP contribution >= 0.6 is 0 Å². The maximum Gasteiger partial charge on any atom is 0.223 e. The maximum atomic E-state index is 12.3. The summed E-state index contributed by atoms with van der Waals surface area (Å²) in [6.07, 6.45) is 6.55. The molecule has 4 heteroatoms. The molecule has 0 aromatic rings. The van der Waals surface area contributed by atoms with Crippen molar-refractivity contribution in [1.82, 2.24) is 4.90 Å². The van der Waals surface area contributed by atoms with Crippen molar-refractivity contribution in [2.24, 2.45) is 17.8 Å². The standard InChI is InChI=1S/C15H23NO3/c17-8-12-2-13(18)16(7-12)14-3-10-1-11(4-14)6-15(19,5-10)9-14/h10-12,17,19H,1-9H2. The molecule has 19 heavy (non-hydrogen) atoms. The number of hydrogen-bond acceptors (Lipinski definition) is 3. The van der Waals surface area contributed by atoms with Crippen molar-refractivity contribution in [3.63, 3.8) is 0 Å². The molecule has 5 rings (SSSR count). The number of hydrogen-bond donors (Lipinski definition) is 2. The Bertz CT molecular complexity index is 408. The fraction of sp³-hybridized carbons (Fsp3) is 0.933. The fourth-order valence-electron chi connectivity index (χ4n) is 5.84. The Morgan fingerprint density at radius 1 is 1.21 bits per heavy atom. The molecule has 4 nitrogen and oxygen atoms in total. The normalized spacial score (nSPS) is 52.2. The minimum Gasteiger partial charge on any atom is -0.396 e. The molecule has 1 amide bonds. The van der Waals surface area contributed by atoms with Crippen molar-refractivity contribution in [3.05, 3.63) is 0 Å². The van der Waals surface area contributed by atoms with E-state index in [0.717, 1.165) is 32.1 Å². The highest BCUT2D eigenvalue weighted by molar-refractivity contribution is 5.79. The lowest BCUT2D eigenvalue weighted by Gasteiger charge is -2.62. The van der Waals surface area contributed by atoms with E-state index in [0.29, 0.717) is 24.8 Å². The molecular formula is C15H23NO3. The number of carbonyl (C=O) groups is 1. The van der Waals surface area contributed by atoms with Crippen LogP contribution in [0.2, 0.25) is 0 Å². The Balaban J connectivity index is 1.65. The average molecular weight is 265 g/mol. The zero-order chi connectivity index (χ0) is 13.3. The van der Waals surface area contributed by atoms with Gasteiger partial charge in [0.15, 0.2) is 0 Å². The molecule has 1 aliphatic heterocycles. The van der Waals surface area contributed by atoms with Gasteiger partial charge >= 0.3 is 0 Å². The first-order valence-corrected chi connectivity index (χ1v) is 7.66. The predicted octanol–water partition coefficient (Wildman–Crippen LogP) is 0.911. The van der Waals surface area contributed by atoms with Gasteiger partial charge in [0, 0.05) is 31.0 Å². The van der Waals surface area contributed by atoms with Crippen LogP contribution in [0.3, 0.4) is 0 Å². The number of rotatable bonds is 2. The monoisotopic (exact) mass is 265 g/mol. The van der Waals surface area contributed by atoms with Crippen molar-refractivity contribution in [2.45, 2.75) is 56.1 Å². The van der Waals surface area contributed by atoms with E-state index >= 15 is 0 Å². The first-order valence-electron chi connectivity index (χ1n) is 7.66. The number of likely N-dealkylation sites (tertiary alicyclic amines) is 1. The summed E-state index contributed by atoms with van der Waals surface area (Å²) in [5.74, 6) is 1.51. The third kappa shape index (κ3) is 1.69. The zero-order valence-corrected chi connectivity index (χ0v) is 11.3. The molecule has 0 radical (unpaired) electrons. The molecule has 3 unspecified atom stereocenters. The topological polar surface area (TPSA) is 60.8 Å². The zero-order valence-electron chi connectivity index (χ0n) is 11.3. The van der Waals surface area contributed by atoms with E-state index in [1.54, 1.807) is 0 Å². The van der Waals surface area contributed by atoms with Crippen molar-refractivity contribution in [1.29, 1.82) is 0 Å². The highest BCUT2D eigenvalue weighted by atomic mass is 16.3. The smallest absolute Gasteiger partial charge is 0.223 e. The molecule has 4 bridgehead atoms. The van der Waals surface area contributed by atoms with E-state index in [9.17, 15) is 15.0 Å². The summed E-state index contributed by atoms with van der Waals surface area (Å²) < 4.78 is 0. The van der Waals surface area contributed by atoms with Crippen molar-refractivity contribution < 1.29 is 15.0 Å². The minimum absolute atomic E-state index is 0.0835. The largest absolute Gasteiger partial charge is 0.396 e. The summed E-state index contributed by atoms with van der Waals surface area (Å²) in [5.41, 5.74) is -0.596. The molecule has 0 aromatic heterocycles. The molecule has 5 fully saturated rings. The molecule has 2 N–H and O–H groups in total. The van der Waals surface area contributed by atoms with Gasteiger partial charge in [0.2, 0.25) is 5.91 Å². The van der Waals surface area contributed by atoms with Crippen LogP contribution in [0.4, 0.5) is 0 Å². The van der Waals surface area contributed by atoms with Crippen LogP contribution < -0.4 is 0 Å². The number of nitrogens with zero attached hydrogens (tertiary/aromatic N) is 1. The van der Waals surface area contributed by atoms with Crippen molar-refractivity contribution in [3.8, 4) is 0 Å². The van der Waals surface area contributed by atoms with Gasteiger partial charge < -0.3 is 15.1 Å². The lowest BCUT2D eigenvalue weighted by Crippen LogP contribution is -2.65. The SMILES string of the molecule is O=C1CC(CO)CN1C12CC3CC(CC(O)(C3)C1)C2. The molecular weight excluding hydrogens is 242 g/mol. The Labute approximate surface area is 113 Å². The first-order chi connectivity index (χ1) is 9.02. The van der Waals surface area contributed by atoms with Crippen LogP contribution in [0.1, 0.15) is 44.9 Å². The third-order valence-electron chi connectivity index (χ3n) is 6.04. The Morgan fingerprint density at radius 2 is 1.89 bits per heavy atom. The second-order valence-corrected chi connectivity index (χ2v) is 7.67. The number of aliphatic hydroxyl groups excluding tert-OH is 1. The van der Waals surface area contributed by atoms with Crippen LogP contribution in [0.5, 0.6) is 0 Å². The maximum absolute atomic E-state index is 12.3. The van der Waals surface area contributed by atoms with E-state index in [-0.39, 0.29) is 24.0 Å². The summed E-state index contributed by atoms with van der Waals surface area (Å²) in [7, 11) is 0. The van der Waals surface area contributed by atoms with Gasteiger partial charge in [-0.25, -0.2) is 0 Å². The van der Waals surface area contributed by atoms with Gasteiger partial charge in [0.25, 0.3) is 0 Å². The molecule has 1 saturated heterocycles. The molecule has 1 heterocycles. The molecule has 5 aliphatic rings. The summed E-state index contributed by atoms with van der Waals surface area (Å²) in [6.45, 7) is 0.806. The Hall–Kier alpha value is -0.610. The van der Waals surface area contributed by atoms with Gasteiger partial charge in [-0.1, -0.05) is 0 Å². The Kier molecular flexibility index (Phi) is 2.39. The quantitative estimate of drug-likeness (QED) is 0.780. The highest BCUT2D eigenvalue weighted by Crippen LogP contribution is 2.60. The van der Waals surface area contributed by atoms with Crippen LogP contribution in [-0.4, -0.2) is 45.3 Å². The number of aliphatic hydroxyl groups is 2. The van der Waals surface area contributed by atoms with Gasteiger partial charge in [-0.2, -0.15) is 0 Å². The summed E-state index contributed by atoms with van der Waals surface area (Å²) >= 11 is 0. The molecule has 106 valence electrons. The third-order valence-corrected chi connectivity index (χ3v) is 6.04. The van der Waals surface area contributed by atoms with Crippen LogP contribution in [0.15, 0.2) is 0 Å². The van der Waals surface area contributed by atoms with Crippen LogP contribution in [0.25, 0.3) is 0 Å². The molecule has 0 spiro atoms. The van der Waals surface area contributed by atoms with Gasteiger partial charge in [-0.3, -0.25) is 4.79 Å². The van der Waals surface area contributed by atoms with E-state index < -0.39 is 5.60 Å². The molecule has 3 atom stereocenters. The minimum atomic E-state index is -0.512. The van der Waals surface area contributed by atoms with Gasteiger partial charge in [0.1, 0.15) is 0 Å². The average Bonchev–Trinajstić information content (AvgIpc) is 2.68. The lowest BCUT2D eigenvalue weighted by molar-refractivity contribution is -0.179. The van der Waals surface area contributed by atoms with Gasteiger partial charge in [-0.05, 0) is 50.4 Å². The molecule has 0 aromatic carbocycles. The highest BCUT2D eigenvalue weighted by Gasteiger charge is 2.60. The van der Waals surface area contributed by atoms with Crippen molar-refractivity contribution in [2.75, 3.05) is 13.2 Å². The van der Waals surface area contributed by atoms with Crippen LogP contribution in [0, 0.1) is 17.8 Å². The van der Waals surface area contributed by atoms with E-state index in [4.69, 9.17) is 0 Å². The summed E-state index contributed by atoms with van der Waals surface area (Å²) in [4.78, 5) is 14.3. The second kappa shape index (κ2) is 3.73. The fourth-order valence-corrected chi connectivity index (χ4v) is 5.84. The van der Waals surface area contributed by atoms with Crippen molar-refractivity contribution >= 4 is 5.91 Å². The summed E-state index contributed by atoms with van der Waals surface area (Å²) in [5, 5.41) is 20.1. The summed E-state index contributed by atoms with van der Waals surface area (Å²) in [6, 6.07) is 0. The van der Waals surface area contributed by atoms with Gasteiger partial charge in [0.05, 0.1) is 5.60 Å². The van der Waals surface area contributed by atoms with Gasteiger partial charge in [-0.15, -0.1) is 0 Å². The lowest BCUT2D eigenvalue weighted by atomic mass is 9.50. The van der Waals surface area contributed by atoms with E-state index in [1.807, 2.05) is 4.90 Å². The molecule has 4 aliphatic carbocycles. The predicted molar refractivity (Wildman–Crippen MR) is 69.3 cm³/mol. The number of amides is 1. The molecule has 4 saturated carbocycles. The first kappa shape index (κ1) is 12.2. The number of carbonyl (C=O) groups excluding carboxylic acids is 1. The second-order valence-electron chi connectivity index (χ2n) is 7.67. The van der Waals surface area contributed by atoms with E-state index in [1.165, 1.54) is 6.42 Å². The van der Waals surface area contributed by atoms with Crippen LogP contribution in [-0.2, 0) is 4.79 Å².